The van der Waals surface area contributed by atoms with Crippen LogP contribution in [0.2, 0.25) is 0 Å². The van der Waals surface area contributed by atoms with Crippen LogP contribution in [-0.4, -0.2) is 85.9 Å². The van der Waals surface area contributed by atoms with E-state index in [0.29, 0.717) is 42.5 Å². The van der Waals surface area contributed by atoms with E-state index in [1.54, 1.807) is 37.8 Å². The number of carbonyl (C=O) groups is 4. The molecule has 0 aromatic carbocycles. The summed E-state index contributed by atoms with van der Waals surface area (Å²) in [4.78, 5) is 51.6. The van der Waals surface area contributed by atoms with Crippen molar-refractivity contribution in [3.05, 3.63) is 46.3 Å². The summed E-state index contributed by atoms with van der Waals surface area (Å²) in [5, 5.41) is 17.0. The van der Waals surface area contributed by atoms with Crippen molar-refractivity contribution in [2.75, 3.05) is 32.8 Å². The van der Waals surface area contributed by atoms with Crippen molar-refractivity contribution in [1.29, 1.82) is 0 Å². The number of amides is 2. The van der Waals surface area contributed by atoms with Crippen molar-refractivity contribution >= 4 is 35.3 Å². The number of aliphatic hydroxyl groups excluding tert-OH is 1. The van der Waals surface area contributed by atoms with Gasteiger partial charge in [-0.2, -0.15) is 11.8 Å². The largest absolute Gasteiger partial charge is 0.439 e. The summed E-state index contributed by atoms with van der Waals surface area (Å²) in [7, 11) is 3.00. The number of hydrogen-bond acceptors (Lipinski definition) is 10. The van der Waals surface area contributed by atoms with Crippen molar-refractivity contribution in [2.45, 2.75) is 77.8 Å². The van der Waals surface area contributed by atoms with Crippen molar-refractivity contribution < 1.29 is 38.5 Å². The Bertz CT molecular complexity index is 1160. The van der Waals surface area contributed by atoms with Gasteiger partial charge < -0.3 is 35.7 Å². The zero-order valence-corrected chi connectivity index (χ0v) is 27.0. The van der Waals surface area contributed by atoms with E-state index in [4.69, 9.17) is 19.9 Å². The molecule has 0 unspecified atom stereocenters. The van der Waals surface area contributed by atoms with Crippen LogP contribution in [0, 0.1) is 11.8 Å². The van der Waals surface area contributed by atoms with E-state index in [-0.39, 0.29) is 29.5 Å². The molecule has 5 N–H and O–H groups in total. The number of Topliss-reactive ketones (excluding diaryl/α,β-unsaturated/α-hetero) is 1. The van der Waals surface area contributed by atoms with E-state index < -0.39 is 48.1 Å². The molecule has 2 bridgehead atoms. The highest BCUT2D eigenvalue weighted by atomic mass is 32.2. The molecule has 11 nitrogen and oxygen atoms in total. The minimum absolute atomic E-state index is 0.0836. The van der Waals surface area contributed by atoms with Crippen LogP contribution in [0.5, 0.6) is 0 Å². The van der Waals surface area contributed by atoms with Crippen LogP contribution >= 0.6 is 11.8 Å². The lowest BCUT2D eigenvalue weighted by Gasteiger charge is -2.30. The molecular weight excluding hydrogens is 574 g/mol. The van der Waals surface area contributed by atoms with Crippen molar-refractivity contribution in [3.8, 4) is 0 Å². The summed E-state index contributed by atoms with van der Waals surface area (Å²) in [6, 6.07) is 0. The minimum Gasteiger partial charge on any atom is -0.439 e. The molecule has 43 heavy (non-hydrogen) atoms. The summed E-state index contributed by atoms with van der Waals surface area (Å²) in [5.74, 6) is -1.17. The number of primary amides is 1. The fraction of sp³-hybridized carbons (Fsp3) is 0.613. The lowest BCUT2D eigenvalue weighted by molar-refractivity contribution is -0.120. The van der Waals surface area contributed by atoms with Crippen LogP contribution < -0.4 is 16.4 Å². The van der Waals surface area contributed by atoms with Crippen LogP contribution in [0.3, 0.4) is 0 Å². The van der Waals surface area contributed by atoms with Crippen LogP contribution in [0.1, 0.15) is 53.4 Å². The van der Waals surface area contributed by atoms with Gasteiger partial charge in [-0.05, 0) is 57.3 Å². The zero-order valence-electron chi connectivity index (χ0n) is 26.2. The fourth-order valence-corrected chi connectivity index (χ4v) is 5.67. The second kappa shape index (κ2) is 17.4. The maximum absolute atomic E-state index is 13.6. The third-order valence-corrected chi connectivity index (χ3v) is 8.34. The second-order valence-corrected chi connectivity index (χ2v) is 12.1. The van der Waals surface area contributed by atoms with Crippen LogP contribution in [0.25, 0.3) is 0 Å². The molecule has 12 heteroatoms. The monoisotopic (exact) mass is 621 g/mol. The number of fused-ring (bicyclic) bond motifs is 2. The Labute approximate surface area is 258 Å². The highest BCUT2D eigenvalue weighted by molar-refractivity contribution is 7.98. The van der Waals surface area contributed by atoms with E-state index in [0.717, 1.165) is 11.8 Å². The van der Waals surface area contributed by atoms with E-state index in [2.05, 4.69) is 10.6 Å². The normalized spacial score (nSPS) is 30.9. The van der Waals surface area contributed by atoms with Gasteiger partial charge in [0.05, 0.1) is 29.7 Å². The molecular formula is C31H47N3O8S. The quantitative estimate of drug-likeness (QED) is 0.189. The fourth-order valence-electron chi connectivity index (χ4n) is 5.36. The summed E-state index contributed by atoms with van der Waals surface area (Å²) in [6.07, 6.45) is 4.06. The first-order valence-corrected chi connectivity index (χ1v) is 15.9. The predicted octanol–water partition coefficient (Wildman–Crippen LogP) is 2.94. The maximum Gasteiger partial charge on any atom is 0.405 e. The molecule has 1 aliphatic heterocycles. The average molecular weight is 622 g/mol. The lowest BCUT2D eigenvalue weighted by atomic mass is 9.85. The lowest BCUT2D eigenvalue weighted by Crippen LogP contribution is -2.38. The van der Waals surface area contributed by atoms with Crippen LogP contribution in [-0.2, 0) is 28.6 Å². The Balaban J connectivity index is 2.55. The topological polar surface area (TPSA) is 166 Å². The average Bonchev–Trinajstić information content (AvgIpc) is 2.95. The molecule has 0 fully saturated rings. The van der Waals surface area contributed by atoms with Crippen LogP contribution in [0.4, 0.5) is 4.79 Å². The van der Waals surface area contributed by atoms with E-state index in [9.17, 15) is 24.3 Å². The number of carbonyl (C=O) groups excluding carboxylic acids is 4. The molecule has 2 rings (SSSR count). The Hall–Kier alpha value is -2.93. The number of rotatable bonds is 7. The molecule has 2 aliphatic rings. The third kappa shape index (κ3) is 10.3. The molecule has 0 saturated heterocycles. The van der Waals surface area contributed by atoms with Gasteiger partial charge in [0.1, 0.15) is 0 Å². The Morgan fingerprint density at radius 3 is 2.44 bits per heavy atom. The number of aliphatic hydroxyl groups is 1. The first kappa shape index (κ1) is 36.3. The standard InChI is InChI=1S/C31H47N3O8S/c1-17-13-21-26(33-11-12-43-7)23(35)16-22(28(21)37)34-30(38)18(2)9-8-10-24(40-5)29(42-31(32)39)20(4)15-19(3)27(36)25(14-17)41-6/h9,15-17,19,24-25,27,29,33,36H,8,10-14H2,1-7H3,(H2,32,39)(H,34,38)/b18-9+,20-15+/t17-,19+,24+,25+,27-,29+/m1/s1. The number of nitrogens with two attached hydrogens (primary N) is 1. The first-order chi connectivity index (χ1) is 20.3. The van der Waals surface area contributed by atoms with Gasteiger partial charge >= 0.3 is 6.09 Å². The molecule has 240 valence electrons. The summed E-state index contributed by atoms with van der Waals surface area (Å²) >= 11 is 1.61. The van der Waals surface area contributed by atoms with Crippen molar-refractivity contribution in [3.63, 3.8) is 0 Å². The van der Waals surface area contributed by atoms with Gasteiger partial charge in [0, 0.05) is 49.7 Å². The smallest absolute Gasteiger partial charge is 0.405 e. The van der Waals surface area contributed by atoms with Gasteiger partial charge in [0.25, 0.3) is 5.91 Å². The minimum atomic E-state index is -0.962. The third-order valence-electron chi connectivity index (χ3n) is 7.73. The second-order valence-electron chi connectivity index (χ2n) is 11.2. The molecule has 1 aliphatic carbocycles. The van der Waals surface area contributed by atoms with E-state index >= 15 is 0 Å². The SMILES string of the molecule is CO[C@H]1C[C@H](C)CC2=C(NCCSC)C(=O)C=C(NC(=O)/C(C)=C/CC[C@H](OC)[C@@H](OC(N)=O)/C(C)=C/[C@H](C)[C@H]1O)C2=O. The molecule has 6 atom stereocenters. The highest BCUT2D eigenvalue weighted by Gasteiger charge is 2.33. The molecule has 1 heterocycles. The molecule has 2 amide bonds. The number of ether oxygens (including phenoxy) is 3. The van der Waals surface area contributed by atoms with Crippen LogP contribution in [0.15, 0.2) is 46.3 Å². The van der Waals surface area contributed by atoms with Gasteiger partial charge in [-0.1, -0.05) is 26.0 Å². The molecule has 0 spiro atoms. The van der Waals surface area contributed by atoms with Gasteiger partial charge in [-0.15, -0.1) is 0 Å². The number of methoxy groups -OCH3 is 2. The Kier molecular flexibility index (Phi) is 14.7. The first-order valence-electron chi connectivity index (χ1n) is 14.5. The van der Waals surface area contributed by atoms with E-state index in [1.807, 2.05) is 20.1 Å². The Morgan fingerprint density at radius 2 is 1.84 bits per heavy atom. The number of allylic oxidation sites excluding steroid dienone is 3. The van der Waals surface area contributed by atoms with Crippen molar-refractivity contribution in [2.24, 2.45) is 17.6 Å². The number of thioether (sulfide) groups is 1. The molecule has 0 saturated carbocycles. The molecule has 0 radical (unpaired) electrons. The zero-order chi connectivity index (χ0) is 32.3. The number of hydrogen-bond donors (Lipinski definition) is 4. The Morgan fingerprint density at radius 1 is 1.16 bits per heavy atom. The van der Waals surface area contributed by atoms with Crippen molar-refractivity contribution in [1.82, 2.24) is 10.6 Å². The highest BCUT2D eigenvalue weighted by Crippen LogP contribution is 2.29. The maximum atomic E-state index is 13.6. The van der Waals surface area contributed by atoms with Gasteiger partial charge in [-0.25, -0.2) is 4.79 Å². The summed E-state index contributed by atoms with van der Waals surface area (Å²) in [5.41, 5.74) is 6.80. The predicted molar refractivity (Wildman–Crippen MR) is 166 cm³/mol. The number of ketones is 2. The molecule has 0 aromatic rings. The number of nitrogens with one attached hydrogen (secondary N) is 2. The van der Waals surface area contributed by atoms with Gasteiger partial charge in [-0.3, -0.25) is 14.4 Å². The summed E-state index contributed by atoms with van der Waals surface area (Å²) < 4.78 is 16.8. The molecule has 0 aromatic heterocycles. The summed E-state index contributed by atoms with van der Waals surface area (Å²) in [6.45, 7) is 7.63. The van der Waals surface area contributed by atoms with E-state index in [1.165, 1.54) is 14.2 Å². The van der Waals surface area contributed by atoms with Gasteiger partial charge in [0.15, 0.2) is 6.10 Å². The van der Waals surface area contributed by atoms with Gasteiger partial charge in [0.2, 0.25) is 11.6 Å².